The molecule has 0 bridgehead atoms. The van der Waals surface area contributed by atoms with Crippen molar-refractivity contribution in [3.05, 3.63) is 23.8 Å². The minimum atomic E-state index is -3.77. The van der Waals surface area contributed by atoms with Gasteiger partial charge in [-0.15, -0.1) is 0 Å². The Labute approximate surface area is 138 Å². The average molecular weight is 342 g/mol. The number of hydrogen-bond acceptors (Lipinski definition) is 4. The Morgan fingerprint density at radius 3 is 2.48 bits per heavy atom. The van der Waals surface area contributed by atoms with E-state index in [0.29, 0.717) is 11.3 Å². The van der Waals surface area contributed by atoms with Gasteiger partial charge in [0, 0.05) is 6.04 Å². The van der Waals surface area contributed by atoms with Crippen LogP contribution in [-0.4, -0.2) is 33.5 Å². The predicted octanol–water partition coefficient (Wildman–Crippen LogP) is 1.98. The van der Waals surface area contributed by atoms with Crippen LogP contribution >= 0.6 is 0 Å². The van der Waals surface area contributed by atoms with Crippen molar-refractivity contribution in [3.63, 3.8) is 0 Å². The summed E-state index contributed by atoms with van der Waals surface area (Å²) >= 11 is 0. The fraction of sp³-hybridized carbons (Fsp3) is 0.562. The zero-order chi connectivity index (χ0) is 17.6. The molecule has 0 fully saturated rings. The van der Waals surface area contributed by atoms with Gasteiger partial charge in [0.25, 0.3) is 0 Å². The van der Waals surface area contributed by atoms with Crippen LogP contribution in [0, 0.1) is 6.92 Å². The fourth-order valence-electron chi connectivity index (χ4n) is 2.25. The van der Waals surface area contributed by atoms with Gasteiger partial charge in [0.05, 0.1) is 18.0 Å². The van der Waals surface area contributed by atoms with Crippen molar-refractivity contribution in [1.29, 1.82) is 0 Å². The monoisotopic (exact) mass is 342 g/mol. The van der Waals surface area contributed by atoms with E-state index < -0.39 is 16.1 Å². The molecule has 7 heteroatoms. The van der Waals surface area contributed by atoms with E-state index in [1.807, 2.05) is 13.8 Å². The van der Waals surface area contributed by atoms with Gasteiger partial charge in [0.15, 0.2) is 0 Å². The molecule has 0 aliphatic carbocycles. The smallest absolute Gasteiger partial charge is 0.241 e. The number of ether oxygens (including phenoxy) is 1. The van der Waals surface area contributed by atoms with Crippen LogP contribution in [0.25, 0.3) is 0 Å². The van der Waals surface area contributed by atoms with Gasteiger partial charge in [-0.2, -0.15) is 4.72 Å². The van der Waals surface area contributed by atoms with Crippen LogP contribution in [0.2, 0.25) is 0 Å². The van der Waals surface area contributed by atoms with Crippen LogP contribution in [-0.2, 0) is 14.8 Å². The highest BCUT2D eigenvalue weighted by molar-refractivity contribution is 7.89. The number of amides is 1. The summed E-state index contributed by atoms with van der Waals surface area (Å²) in [5.41, 5.74) is 0.712. The van der Waals surface area contributed by atoms with E-state index in [1.165, 1.54) is 26.2 Å². The van der Waals surface area contributed by atoms with Crippen LogP contribution in [0.3, 0.4) is 0 Å². The SMILES string of the molecule is CCC[C@H](C)NC(=O)[C@@H](C)NS(=O)(=O)c1ccc(OC)c(C)c1. The molecule has 0 saturated heterocycles. The Morgan fingerprint density at radius 2 is 1.96 bits per heavy atom. The maximum Gasteiger partial charge on any atom is 0.241 e. The van der Waals surface area contributed by atoms with Gasteiger partial charge in [-0.1, -0.05) is 13.3 Å². The molecular weight excluding hydrogens is 316 g/mol. The number of nitrogens with one attached hydrogen (secondary N) is 2. The number of benzene rings is 1. The zero-order valence-electron chi connectivity index (χ0n) is 14.3. The Balaban J connectivity index is 2.81. The molecular formula is C16H26N2O4S. The van der Waals surface area contributed by atoms with Gasteiger partial charge < -0.3 is 10.1 Å². The van der Waals surface area contributed by atoms with Crippen molar-refractivity contribution in [2.45, 2.75) is 57.5 Å². The Kier molecular flexibility index (Phi) is 7.02. The Hall–Kier alpha value is -1.60. The molecule has 2 atom stereocenters. The molecule has 2 N–H and O–H groups in total. The van der Waals surface area contributed by atoms with E-state index in [0.717, 1.165) is 12.8 Å². The molecule has 0 unspecified atom stereocenters. The first-order chi connectivity index (χ1) is 10.7. The summed E-state index contributed by atoms with van der Waals surface area (Å²) in [6.07, 6.45) is 1.80. The van der Waals surface area contributed by atoms with Gasteiger partial charge in [-0.3, -0.25) is 4.79 Å². The first-order valence-corrected chi connectivity index (χ1v) is 9.17. The van der Waals surface area contributed by atoms with E-state index >= 15 is 0 Å². The summed E-state index contributed by atoms with van der Waals surface area (Å²) in [7, 11) is -2.24. The molecule has 6 nitrogen and oxygen atoms in total. The molecule has 0 heterocycles. The number of hydrogen-bond donors (Lipinski definition) is 2. The lowest BCUT2D eigenvalue weighted by molar-refractivity contribution is -0.123. The molecule has 0 spiro atoms. The van der Waals surface area contributed by atoms with E-state index in [1.54, 1.807) is 13.0 Å². The van der Waals surface area contributed by atoms with E-state index in [4.69, 9.17) is 4.74 Å². The van der Waals surface area contributed by atoms with Crippen LogP contribution in [0.15, 0.2) is 23.1 Å². The van der Waals surface area contributed by atoms with Gasteiger partial charge in [-0.25, -0.2) is 8.42 Å². The third-order valence-corrected chi connectivity index (χ3v) is 5.05. The molecule has 0 aromatic heterocycles. The van der Waals surface area contributed by atoms with Crippen LogP contribution in [0.5, 0.6) is 5.75 Å². The van der Waals surface area contributed by atoms with Gasteiger partial charge in [0.2, 0.25) is 15.9 Å². The summed E-state index contributed by atoms with van der Waals surface area (Å²) in [6, 6.07) is 3.74. The lowest BCUT2D eigenvalue weighted by Crippen LogP contribution is -2.47. The Bertz CT molecular complexity index is 643. The van der Waals surface area contributed by atoms with Crippen molar-refractivity contribution >= 4 is 15.9 Å². The molecule has 23 heavy (non-hydrogen) atoms. The molecule has 1 aromatic carbocycles. The maximum atomic E-state index is 12.4. The van der Waals surface area contributed by atoms with E-state index in [-0.39, 0.29) is 16.8 Å². The topological polar surface area (TPSA) is 84.5 Å². The third-order valence-electron chi connectivity index (χ3n) is 3.51. The van der Waals surface area contributed by atoms with E-state index in [9.17, 15) is 13.2 Å². The molecule has 0 saturated carbocycles. The van der Waals surface area contributed by atoms with Crippen molar-refractivity contribution in [2.24, 2.45) is 0 Å². The fourth-order valence-corrected chi connectivity index (χ4v) is 3.53. The minimum absolute atomic E-state index is 0.0164. The number of rotatable bonds is 8. The zero-order valence-corrected chi connectivity index (χ0v) is 15.2. The van der Waals surface area contributed by atoms with Gasteiger partial charge in [-0.05, 0) is 51.0 Å². The highest BCUT2D eigenvalue weighted by Gasteiger charge is 2.23. The average Bonchev–Trinajstić information content (AvgIpc) is 2.46. The number of carbonyl (C=O) groups excluding carboxylic acids is 1. The standard InChI is InChI=1S/C16H26N2O4S/c1-6-7-12(3)17-16(19)13(4)18-23(20,21)14-8-9-15(22-5)11(2)10-14/h8-10,12-13,18H,6-7H2,1-5H3,(H,17,19)/t12-,13+/m0/s1. The highest BCUT2D eigenvalue weighted by atomic mass is 32.2. The molecule has 130 valence electrons. The first kappa shape index (κ1) is 19.4. The number of carbonyl (C=O) groups is 1. The third kappa shape index (κ3) is 5.51. The maximum absolute atomic E-state index is 12.4. The summed E-state index contributed by atoms with van der Waals surface area (Å²) in [4.78, 5) is 12.2. The number of methoxy groups -OCH3 is 1. The van der Waals surface area contributed by atoms with Gasteiger partial charge in [0.1, 0.15) is 5.75 Å². The van der Waals surface area contributed by atoms with Crippen LogP contribution < -0.4 is 14.8 Å². The largest absolute Gasteiger partial charge is 0.496 e. The second-order valence-corrected chi connectivity index (χ2v) is 7.39. The van der Waals surface area contributed by atoms with Crippen molar-refractivity contribution in [3.8, 4) is 5.75 Å². The second-order valence-electron chi connectivity index (χ2n) is 5.67. The Morgan fingerprint density at radius 1 is 1.30 bits per heavy atom. The molecule has 1 rings (SSSR count). The molecule has 1 amide bonds. The van der Waals surface area contributed by atoms with Crippen molar-refractivity contribution in [2.75, 3.05) is 7.11 Å². The lowest BCUT2D eigenvalue weighted by Gasteiger charge is -2.18. The summed E-state index contributed by atoms with van der Waals surface area (Å²) < 4.78 is 32.3. The normalized spacial score (nSPS) is 14.1. The van der Waals surface area contributed by atoms with Gasteiger partial charge >= 0.3 is 0 Å². The molecule has 0 aliphatic heterocycles. The highest BCUT2D eigenvalue weighted by Crippen LogP contribution is 2.21. The molecule has 0 radical (unpaired) electrons. The van der Waals surface area contributed by atoms with E-state index in [2.05, 4.69) is 10.0 Å². The summed E-state index contributed by atoms with van der Waals surface area (Å²) in [6.45, 7) is 7.22. The summed E-state index contributed by atoms with van der Waals surface area (Å²) in [5, 5.41) is 2.80. The van der Waals surface area contributed by atoms with Crippen LogP contribution in [0.4, 0.5) is 0 Å². The molecule has 0 aliphatic rings. The quantitative estimate of drug-likeness (QED) is 0.756. The molecule has 1 aromatic rings. The lowest BCUT2D eigenvalue weighted by atomic mass is 10.2. The number of sulfonamides is 1. The summed E-state index contributed by atoms with van der Waals surface area (Å²) in [5.74, 6) is 0.280. The second kappa shape index (κ2) is 8.31. The number of aryl methyl sites for hydroxylation is 1. The predicted molar refractivity (Wildman–Crippen MR) is 90.0 cm³/mol. The van der Waals surface area contributed by atoms with Crippen LogP contribution in [0.1, 0.15) is 39.2 Å². The van der Waals surface area contributed by atoms with Crippen molar-refractivity contribution < 1.29 is 17.9 Å². The van der Waals surface area contributed by atoms with Crippen molar-refractivity contribution in [1.82, 2.24) is 10.0 Å². The minimum Gasteiger partial charge on any atom is -0.496 e. The first-order valence-electron chi connectivity index (χ1n) is 7.68.